The largest absolute Gasteiger partial charge is 1.00 e. The van der Waals surface area contributed by atoms with Crippen LogP contribution in [0.2, 0.25) is 0 Å². The second-order valence-corrected chi connectivity index (χ2v) is 8.91. The Kier molecular flexibility index (Phi) is 9.15. The van der Waals surface area contributed by atoms with Crippen molar-refractivity contribution in [3.8, 4) is 0 Å². The third kappa shape index (κ3) is 6.79. The third-order valence-corrected chi connectivity index (χ3v) is 6.26. The van der Waals surface area contributed by atoms with Gasteiger partial charge in [0.15, 0.2) is 0 Å². The van der Waals surface area contributed by atoms with Crippen LogP contribution in [0.4, 0.5) is 0 Å². The molecule has 0 aromatic heterocycles. The van der Waals surface area contributed by atoms with Gasteiger partial charge >= 0.3 is 41.5 Å². The molecule has 0 radical (unpaired) electrons. The maximum Gasteiger partial charge on any atom is 1.00 e. The van der Waals surface area contributed by atoms with Crippen molar-refractivity contribution >= 4 is 22.1 Å². The number of rotatable bonds is 5. The van der Waals surface area contributed by atoms with Gasteiger partial charge in [-0.15, -0.1) is 0 Å². The van der Waals surface area contributed by atoms with E-state index >= 15 is 0 Å². The molecule has 1 aromatic carbocycles. The molecule has 2 aliphatic carbocycles. The molecule has 1 N–H and O–H groups in total. The number of carbonyl (C=O) groups excluding carboxylic acids is 2. The fraction of sp³-hybridized carbons (Fsp3) is 0.600. The molecule has 0 bridgehead atoms. The zero-order valence-corrected chi connectivity index (χ0v) is 19.6. The van der Waals surface area contributed by atoms with Crippen LogP contribution >= 0.6 is 0 Å². The van der Waals surface area contributed by atoms with E-state index in [2.05, 4.69) is 0 Å². The summed E-state index contributed by atoms with van der Waals surface area (Å²) in [4.78, 5) is 24.2. The van der Waals surface area contributed by atoms with E-state index in [0.29, 0.717) is 0 Å². The molecule has 0 aliphatic heterocycles. The SMILES string of the molecule is O=C(OC1CCCCC1)c1ccc(C(=O)OC2CCCCC2)c(S(=O)(=O)O)c1.[H-].[Na+]. The predicted molar refractivity (Wildman–Crippen MR) is 102 cm³/mol. The van der Waals surface area contributed by atoms with E-state index in [4.69, 9.17) is 9.47 Å². The van der Waals surface area contributed by atoms with E-state index < -0.39 is 27.0 Å². The van der Waals surface area contributed by atoms with E-state index in [-0.39, 0.29) is 54.3 Å². The van der Waals surface area contributed by atoms with Crippen LogP contribution in [0.5, 0.6) is 0 Å². The van der Waals surface area contributed by atoms with Crippen molar-refractivity contribution < 1.29 is 63.0 Å². The maximum atomic E-state index is 12.5. The van der Waals surface area contributed by atoms with Gasteiger partial charge in [0.1, 0.15) is 17.1 Å². The maximum absolute atomic E-state index is 12.5. The van der Waals surface area contributed by atoms with Gasteiger partial charge in [-0.05, 0) is 69.6 Å². The van der Waals surface area contributed by atoms with E-state index in [1.165, 1.54) is 12.1 Å². The monoisotopic (exact) mass is 434 g/mol. The summed E-state index contributed by atoms with van der Waals surface area (Å²) >= 11 is 0. The van der Waals surface area contributed by atoms with E-state index in [9.17, 15) is 22.6 Å². The molecular formula is C20H27NaO7S. The van der Waals surface area contributed by atoms with Crippen molar-refractivity contribution in [2.45, 2.75) is 81.3 Å². The van der Waals surface area contributed by atoms with E-state index in [1.807, 2.05) is 0 Å². The molecule has 0 saturated heterocycles. The second-order valence-electron chi connectivity index (χ2n) is 7.52. The summed E-state index contributed by atoms with van der Waals surface area (Å²) in [5.74, 6) is -1.48. The zero-order valence-electron chi connectivity index (χ0n) is 17.8. The minimum absolute atomic E-state index is 0. The van der Waals surface area contributed by atoms with Gasteiger partial charge in [0.25, 0.3) is 10.1 Å². The Bertz CT molecular complexity index is 832. The molecule has 9 heteroatoms. The van der Waals surface area contributed by atoms with Crippen LogP contribution in [0.25, 0.3) is 0 Å². The summed E-state index contributed by atoms with van der Waals surface area (Å²) in [7, 11) is -4.72. The van der Waals surface area contributed by atoms with Crippen molar-refractivity contribution in [1.82, 2.24) is 0 Å². The number of hydrogen-bond donors (Lipinski definition) is 1. The summed E-state index contributed by atoms with van der Waals surface area (Å²) in [6.45, 7) is 0. The molecule has 2 fully saturated rings. The molecule has 2 aliphatic rings. The summed E-state index contributed by atoms with van der Waals surface area (Å²) in [6.07, 6.45) is 8.66. The molecular weight excluding hydrogens is 407 g/mol. The molecule has 0 spiro atoms. The number of ether oxygens (including phenoxy) is 2. The Morgan fingerprint density at radius 2 is 1.34 bits per heavy atom. The fourth-order valence-corrected chi connectivity index (χ4v) is 4.54. The first kappa shape index (κ1) is 24.3. The molecule has 2 saturated carbocycles. The number of esters is 2. The molecule has 0 amide bonds. The van der Waals surface area contributed by atoms with E-state index in [0.717, 1.165) is 70.3 Å². The van der Waals surface area contributed by atoms with Crippen LogP contribution in [-0.4, -0.2) is 37.1 Å². The number of benzene rings is 1. The average Bonchev–Trinajstić information content (AvgIpc) is 2.68. The Labute approximate surface area is 195 Å². The normalized spacial score (nSPS) is 18.5. The Hall–Kier alpha value is -0.930. The first-order valence-corrected chi connectivity index (χ1v) is 11.3. The van der Waals surface area contributed by atoms with Crippen LogP contribution in [-0.2, 0) is 19.6 Å². The number of hydrogen-bond acceptors (Lipinski definition) is 6. The van der Waals surface area contributed by atoms with Gasteiger partial charge in [-0.2, -0.15) is 8.42 Å². The smallest absolute Gasteiger partial charge is 1.00 e. The van der Waals surface area contributed by atoms with Gasteiger partial charge in [0.05, 0.1) is 11.1 Å². The van der Waals surface area contributed by atoms with Crippen molar-refractivity contribution in [2.75, 3.05) is 0 Å². The molecule has 156 valence electrons. The summed E-state index contributed by atoms with van der Waals surface area (Å²) in [6, 6.07) is 3.51. The van der Waals surface area contributed by atoms with E-state index in [1.54, 1.807) is 0 Å². The molecule has 7 nitrogen and oxygen atoms in total. The Morgan fingerprint density at radius 3 is 1.83 bits per heavy atom. The van der Waals surface area contributed by atoms with Gasteiger partial charge in [-0.25, -0.2) is 9.59 Å². The summed E-state index contributed by atoms with van der Waals surface area (Å²) < 4.78 is 44.0. The molecule has 0 atom stereocenters. The summed E-state index contributed by atoms with van der Waals surface area (Å²) in [5.41, 5.74) is -0.297. The first-order valence-electron chi connectivity index (χ1n) is 9.88. The number of carbonyl (C=O) groups is 2. The third-order valence-electron chi connectivity index (χ3n) is 5.37. The van der Waals surface area contributed by atoms with Crippen molar-refractivity contribution in [3.05, 3.63) is 29.3 Å². The Balaban J connectivity index is 0.00000225. The summed E-state index contributed by atoms with van der Waals surface area (Å²) in [5, 5.41) is 0. The van der Waals surface area contributed by atoms with Crippen molar-refractivity contribution in [1.29, 1.82) is 0 Å². The van der Waals surface area contributed by atoms with Crippen LogP contribution in [0, 0.1) is 0 Å². The minimum Gasteiger partial charge on any atom is -1.00 e. The first-order chi connectivity index (χ1) is 13.3. The van der Waals surface area contributed by atoms with Gasteiger partial charge < -0.3 is 10.9 Å². The van der Waals surface area contributed by atoms with Gasteiger partial charge in [-0.3, -0.25) is 4.55 Å². The Morgan fingerprint density at radius 1 is 0.862 bits per heavy atom. The quantitative estimate of drug-likeness (QED) is 0.419. The molecule has 1 aromatic rings. The van der Waals surface area contributed by atoms with Crippen LogP contribution in [0.15, 0.2) is 23.1 Å². The standard InChI is InChI=1S/C20H26O7S.Na.H/c21-19(26-15-7-3-1-4-8-15)14-11-12-17(18(13-14)28(23,24)25)20(22)27-16-9-5-2-6-10-16;;/h11-13,15-16H,1-10H2,(H,23,24,25);;/q;+1;-1. The predicted octanol–water partition coefficient (Wildman–Crippen LogP) is 1.03. The molecule has 0 unspecified atom stereocenters. The van der Waals surface area contributed by atoms with Gasteiger partial charge in [-0.1, -0.05) is 12.8 Å². The van der Waals surface area contributed by atoms with Crippen LogP contribution < -0.4 is 29.6 Å². The van der Waals surface area contributed by atoms with Crippen molar-refractivity contribution in [2.24, 2.45) is 0 Å². The zero-order chi connectivity index (χ0) is 20.1. The second kappa shape index (κ2) is 10.9. The fourth-order valence-electron chi connectivity index (χ4n) is 3.83. The van der Waals surface area contributed by atoms with Gasteiger partial charge in [0, 0.05) is 0 Å². The molecule has 3 rings (SSSR count). The average molecular weight is 434 g/mol. The van der Waals surface area contributed by atoms with Crippen molar-refractivity contribution in [3.63, 3.8) is 0 Å². The minimum atomic E-state index is -4.72. The van der Waals surface area contributed by atoms with Gasteiger partial charge in [0.2, 0.25) is 0 Å². The topological polar surface area (TPSA) is 107 Å². The molecule has 0 heterocycles. The molecule has 29 heavy (non-hydrogen) atoms. The van der Waals surface area contributed by atoms with Crippen LogP contribution in [0.1, 0.15) is 86.4 Å². The van der Waals surface area contributed by atoms with Crippen LogP contribution in [0.3, 0.4) is 0 Å².